The van der Waals surface area contributed by atoms with Gasteiger partial charge in [-0.05, 0) is 11.1 Å². The number of rotatable bonds is 1. The zero-order valence-corrected chi connectivity index (χ0v) is 7.09. The molecule has 0 aromatic heterocycles. The second-order valence-electron chi connectivity index (χ2n) is 3.17. The zero-order valence-electron chi connectivity index (χ0n) is 7.09. The molecule has 1 aromatic rings. The molecule has 0 amide bonds. The van der Waals surface area contributed by atoms with Crippen molar-refractivity contribution in [2.24, 2.45) is 0 Å². The summed E-state index contributed by atoms with van der Waals surface area (Å²) in [6, 6.07) is 8.56. The van der Waals surface area contributed by atoms with E-state index in [1.807, 2.05) is 6.08 Å². The van der Waals surface area contributed by atoms with Crippen molar-refractivity contribution in [2.75, 3.05) is 6.54 Å². The Labute approximate surface area is 73.1 Å². The largest absolute Gasteiger partial charge is 0.312 e. The summed E-state index contributed by atoms with van der Waals surface area (Å²) >= 11 is 0. The van der Waals surface area contributed by atoms with E-state index in [0.29, 0.717) is 5.92 Å². The monoisotopic (exact) mass is 159 g/mol. The zero-order chi connectivity index (χ0) is 8.39. The summed E-state index contributed by atoms with van der Waals surface area (Å²) in [5.41, 5.74) is 2.85. The predicted octanol–water partition coefficient (Wildman–Crippen LogP) is 2.06. The van der Waals surface area contributed by atoms with Crippen LogP contribution in [0.1, 0.15) is 17.0 Å². The van der Waals surface area contributed by atoms with Crippen LogP contribution in [0.4, 0.5) is 0 Å². The van der Waals surface area contributed by atoms with Gasteiger partial charge in [0.2, 0.25) is 0 Å². The van der Waals surface area contributed by atoms with Crippen LogP contribution in [0, 0.1) is 0 Å². The summed E-state index contributed by atoms with van der Waals surface area (Å²) in [6.07, 6.45) is 2.02. The average molecular weight is 159 g/mol. The highest BCUT2D eigenvalue weighted by Crippen LogP contribution is 2.23. The van der Waals surface area contributed by atoms with Crippen LogP contribution >= 0.6 is 0 Å². The molecule has 62 valence electrons. The predicted molar refractivity (Wildman–Crippen MR) is 51.1 cm³/mol. The summed E-state index contributed by atoms with van der Waals surface area (Å²) in [4.78, 5) is 0. The number of benzene rings is 1. The van der Waals surface area contributed by atoms with Crippen LogP contribution in [0.25, 0.3) is 0 Å². The van der Waals surface area contributed by atoms with Crippen molar-refractivity contribution in [1.29, 1.82) is 0 Å². The summed E-state index contributed by atoms with van der Waals surface area (Å²) in [5.74, 6) is 0.495. The molecule has 0 bridgehead atoms. The summed E-state index contributed by atoms with van der Waals surface area (Å²) < 4.78 is 0. The maximum absolute atomic E-state index is 3.84. The third-order valence-electron chi connectivity index (χ3n) is 2.42. The smallest absolute Gasteiger partial charge is 0.0208 e. The van der Waals surface area contributed by atoms with E-state index in [1.54, 1.807) is 0 Å². The van der Waals surface area contributed by atoms with Crippen molar-refractivity contribution in [2.45, 2.75) is 12.5 Å². The van der Waals surface area contributed by atoms with Gasteiger partial charge in [-0.2, -0.15) is 0 Å². The molecule has 0 spiro atoms. The fraction of sp³-hybridized carbons (Fsp3) is 0.273. The molecule has 1 nitrogen and oxygen atoms in total. The first-order valence-corrected chi connectivity index (χ1v) is 4.33. The number of hydrogen-bond donors (Lipinski definition) is 1. The van der Waals surface area contributed by atoms with Crippen LogP contribution in [-0.2, 0) is 6.54 Å². The van der Waals surface area contributed by atoms with Gasteiger partial charge in [0.1, 0.15) is 0 Å². The lowest BCUT2D eigenvalue weighted by molar-refractivity contribution is 0.602. The van der Waals surface area contributed by atoms with Gasteiger partial charge in [0.05, 0.1) is 0 Å². The number of fused-ring (bicyclic) bond motifs is 1. The Balaban J connectivity index is 2.43. The third kappa shape index (κ3) is 1.16. The average Bonchev–Trinajstić information content (AvgIpc) is 2.17. The van der Waals surface area contributed by atoms with E-state index in [4.69, 9.17) is 0 Å². The minimum absolute atomic E-state index is 0.495. The molecule has 1 aliphatic heterocycles. The van der Waals surface area contributed by atoms with Gasteiger partial charge < -0.3 is 5.32 Å². The number of hydrogen-bond acceptors (Lipinski definition) is 1. The Morgan fingerprint density at radius 3 is 3.08 bits per heavy atom. The van der Waals surface area contributed by atoms with Crippen molar-refractivity contribution in [3.05, 3.63) is 48.0 Å². The second-order valence-corrected chi connectivity index (χ2v) is 3.17. The van der Waals surface area contributed by atoms with E-state index in [-0.39, 0.29) is 0 Å². The maximum Gasteiger partial charge on any atom is 0.0208 e. The Morgan fingerprint density at radius 2 is 2.25 bits per heavy atom. The molecule has 0 saturated heterocycles. The third-order valence-corrected chi connectivity index (χ3v) is 2.42. The van der Waals surface area contributed by atoms with Crippen LogP contribution in [0.2, 0.25) is 0 Å². The van der Waals surface area contributed by atoms with Crippen molar-refractivity contribution in [3.63, 3.8) is 0 Å². The van der Waals surface area contributed by atoms with Crippen LogP contribution in [0.15, 0.2) is 36.9 Å². The Morgan fingerprint density at radius 1 is 1.42 bits per heavy atom. The van der Waals surface area contributed by atoms with Crippen molar-refractivity contribution < 1.29 is 0 Å². The van der Waals surface area contributed by atoms with Gasteiger partial charge >= 0.3 is 0 Å². The van der Waals surface area contributed by atoms with E-state index in [9.17, 15) is 0 Å². The Hall–Kier alpha value is -1.08. The highest BCUT2D eigenvalue weighted by atomic mass is 14.9. The molecule has 0 aliphatic carbocycles. The van der Waals surface area contributed by atoms with Gasteiger partial charge in [0, 0.05) is 19.0 Å². The van der Waals surface area contributed by atoms with E-state index < -0.39 is 0 Å². The molecule has 1 aliphatic rings. The summed E-state index contributed by atoms with van der Waals surface area (Å²) in [7, 11) is 0. The topological polar surface area (TPSA) is 12.0 Å². The standard InChI is InChI=1S/C11H13N/c1-2-9-7-12-8-10-5-3-4-6-11(9)10/h2-6,9,12H,1,7-8H2/t9-/m0/s1. The highest BCUT2D eigenvalue weighted by molar-refractivity contribution is 5.34. The first-order valence-electron chi connectivity index (χ1n) is 4.33. The molecular formula is C11H13N. The summed E-state index contributed by atoms with van der Waals surface area (Å²) in [5, 5.41) is 3.37. The molecule has 0 saturated carbocycles. The number of nitrogens with one attached hydrogen (secondary N) is 1. The lowest BCUT2D eigenvalue weighted by Crippen LogP contribution is -2.26. The van der Waals surface area contributed by atoms with Crippen LogP contribution in [-0.4, -0.2) is 6.54 Å². The SMILES string of the molecule is C=C[C@H]1CNCc2ccccc21. The van der Waals surface area contributed by atoms with E-state index in [1.165, 1.54) is 11.1 Å². The van der Waals surface area contributed by atoms with E-state index in [0.717, 1.165) is 13.1 Å². The first kappa shape index (κ1) is 7.56. The van der Waals surface area contributed by atoms with E-state index in [2.05, 4.69) is 36.2 Å². The normalized spacial score (nSPS) is 21.5. The van der Waals surface area contributed by atoms with Crippen LogP contribution in [0.5, 0.6) is 0 Å². The van der Waals surface area contributed by atoms with Crippen LogP contribution < -0.4 is 5.32 Å². The van der Waals surface area contributed by atoms with E-state index >= 15 is 0 Å². The maximum atomic E-state index is 3.84. The second kappa shape index (κ2) is 3.11. The Bertz CT molecular complexity index is 291. The quantitative estimate of drug-likeness (QED) is 0.618. The molecule has 0 fully saturated rings. The fourth-order valence-corrected chi connectivity index (χ4v) is 1.74. The molecule has 1 N–H and O–H groups in total. The fourth-order valence-electron chi connectivity index (χ4n) is 1.74. The molecule has 1 heterocycles. The Kier molecular flexibility index (Phi) is 1.96. The molecule has 12 heavy (non-hydrogen) atoms. The van der Waals surface area contributed by atoms with Crippen molar-refractivity contribution >= 4 is 0 Å². The van der Waals surface area contributed by atoms with Gasteiger partial charge in [0.15, 0.2) is 0 Å². The molecule has 0 unspecified atom stereocenters. The molecule has 1 aromatic carbocycles. The summed E-state index contributed by atoms with van der Waals surface area (Å²) in [6.45, 7) is 5.87. The van der Waals surface area contributed by atoms with Gasteiger partial charge in [-0.1, -0.05) is 30.3 Å². The first-order chi connectivity index (χ1) is 5.92. The van der Waals surface area contributed by atoms with Crippen molar-refractivity contribution in [3.8, 4) is 0 Å². The van der Waals surface area contributed by atoms with Crippen LogP contribution in [0.3, 0.4) is 0 Å². The molecule has 2 rings (SSSR count). The minimum atomic E-state index is 0.495. The van der Waals surface area contributed by atoms with Gasteiger partial charge in [-0.25, -0.2) is 0 Å². The minimum Gasteiger partial charge on any atom is -0.312 e. The van der Waals surface area contributed by atoms with Crippen molar-refractivity contribution in [1.82, 2.24) is 5.32 Å². The highest BCUT2D eigenvalue weighted by Gasteiger charge is 2.15. The lowest BCUT2D eigenvalue weighted by atomic mass is 9.91. The van der Waals surface area contributed by atoms with Gasteiger partial charge in [-0.3, -0.25) is 0 Å². The molecule has 1 heteroatoms. The molecular weight excluding hydrogens is 146 g/mol. The molecule has 0 radical (unpaired) electrons. The molecule has 1 atom stereocenters. The van der Waals surface area contributed by atoms with Gasteiger partial charge in [-0.15, -0.1) is 6.58 Å². The lowest BCUT2D eigenvalue weighted by Gasteiger charge is -2.23. The van der Waals surface area contributed by atoms with Gasteiger partial charge in [0.25, 0.3) is 0 Å².